The lowest BCUT2D eigenvalue weighted by Gasteiger charge is -2.29. The summed E-state index contributed by atoms with van der Waals surface area (Å²) in [6, 6.07) is 5.14. The molecule has 2 aromatic rings. The number of imidazole rings is 1. The second-order valence-corrected chi connectivity index (χ2v) is 5.26. The molecule has 0 atom stereocenters. The molecule has 0 bridgehead atoms. The Bertz CT molecular complexity index is 640. The van der Waals surface area contributed by atoms with Gasteiger partial charge in [0.05, 0.1) is 11.5 Å². The van der Waals surface area contributed by atoms with Crippen LogP contribution in [0.5, 0.6) is 0 Å². The van der Waals surface area contributed by atoms with Crippen molar-refractivity contribution in [2.24, 2.45) is 0 Å². The summed E-state index contributed by atoms with van der Waals surface area (Å²) in [5.41, 5.74) is 0.761. The predicted molar refractivity (Wildman–Crippen MR) is 74.1 cm³/mol. The summed E-state index contributed by atoms with van der Waals surface area (Å²) in [4.78, 5) is 17.1. The molecule has 0 N–H and O–H groups in total. The molecule has 3 rings (SSSR count). The van der Waals surface area contributed by atoms with Gasteiger partial charge >= 0.3 is 0 Å². The third kappa shape index (κ3) is 2.21. The van der Waals surface area contributed by atoms with Crippen LogP contribution in [-0.4, -0.2) is 21.0 Å². The van der Waals surface area contributed by atoms with Crippen molar-refractivity contribution in [3.63, 3.8) is 0 Å². The van der Waals surface area contributed by atoms with Crippen LogP contribution in [0.25, 0.3) is 0 Å². The summed E-state index contributed by atoms with van der Waals surface area (Å²) in [5, 5.41) is 11.1. The Morgan fingerprint density at radius 1 is 1.37 bits per heavy atom. The van der Waals surface area contributed by atoms with Gasteiger partial charge in [0, 0.05) is 36.0 Å². The summed E-state index contributed by atoms with van der Waals surface area (Å²) in [7, 11) is 0. The Morgan fingerprint density at radius 2 is 2.21 bits per heavy atom. The largest absolute Gasteiger partial charge is 0.357 e. The number of nitro benzene ring substituents is 1. The molecule has 1 aliphatic heterocycles. The smallest absolute Gasteiger partial charge is 0.293 e. The molecule has 0 radical (unpaired) electrons. The standard InChI is InChI=1S/C12H11BrN4O2/c13-9-1-2-10(11(7-9)17(18)19)16-6-5-15-4-3-14-12(15)8-16/h1-4,7H,5-6,8H2. The fourth-order valence-corrected chi connectivity index (χ4v) is 2.64. The molecular weight excluding hydrogens is 312 g/mol. The average Bonchev–Trinajstić information content (AvgIpc) is 2.85. The third-order valence-electron chi connectivity index (χ3n) is 3.22. The lowest BCUT2D eigenvalue weighted by Crippen LogP contribution is -2.33. The van der Waals surface area contributed by atoms with Crippen LogP contribution < -0.4 is 4.90 Å². The van der Waals surface area contributed by atoms with Crippen molar-refractivity contribution in [1.82, 2.24) is 9.55 Å². The highest BCUT2D eigenvalue weighted by Gasteiger charge is 2.23. The van der Waals surface area contributed by atoms with Crippen molar-refractivity contribution in [1.29, 1.82) is 0 Å². The van der Waals surface area contributed by atoms with E-state index >= 15 is 0 Å². The summed E-state index contributed by atoms with van der Waals surface area (Å²) in [6.07, 6.45) is 3.69. The van der Waals surface area contributed by atoms with E-state index in [0.29, 0.717) is 16.7 Å². The second kappa shape index (κ2) is 4.65. The summed E-state index contributed by atoms with van der Waals surface area (Å²) >= 11 is 3.27. The number of hydrogen-bond acceptors (Lipinski definition) is 4. The molecule has 6 nitrogen and oxygen atoms in total. The van der Waals surface area contributed by atoms with Gasteiger partial charge in [-0.15, -0.1) is 0 Å². The Kier molecular flexibility index (Phi) is 2.98. The number of nitro groups is 1. The van der Waals surface area contributed by atoms with Gasteiger partial charge in [-0.1, -0.05) is 15.9 Å². The van der Waals surface area contributed by atoms with Gasteiger partial charge in [0.15, 0.2) is 0 Å². The molecule has 0 saturated heterocycles. The van der Waals surface area contributed by atoms with E-state index in [0.717, 1.165) is 18.9 Å². The van der Waals surface area contributed by atoms with Crippen LogP contribution in [0.4, 0.5) is 11.4 Å². The Morgan fingerprint density at radius 3 is 3.00 bits per heavy atom. The van der Waals surface area contributed by atoms with Crippen molar-refractivity contribution in [2.45, 2.75) is 13.1 Å². The SMILES string of the molecule is O=[N+]([O-])c1cc(Br)ccc1N1CCn2ccnc2C1. The minimum Gasteiger partial charge on any atom is -0.357 e. The first kappa shape index (κ1) is 12.2. The lowest BCUT2D eigenvalue weighted by molar-refractivity contribution is -0.384. The van der Waals surface area contributed by atoms with E-state index in [4.69, 9.17) is 0 Å². The van der Waals surface area contributed by atoms with Crippen molar-refractivity contribution < 1.29 is 4.92 Å². The molecule has 19 heavy (non-hydrogen) atoms. The van der Waals surface area contributed by atoms with E-state index in [1.54, 1.807) is 12.3 Å². The zero-order chi connectivity index (χ0) is 13.4. The van der Waals surface area contributed by atoms with Gasteiger partial charge in [-0.25, -0.2) is 4.98 Å². The minimum atomic E-state index is -0.346. The van der Waals surface area contributed by atoms with Gasteiger partial charge in [0.2, 0.25) is 0 Å². The predicted octanol–water partition coefficient (Wildman–Crippen LogP) is 2.57. The highest BCUT2D eigenvalue weighted by Crippen LogP contribution is 2.32. The van der Waals surface area contributed by atoms with Crippen LogP contribution in [0.3, 0.4) is 0 Å². The van der Waals surface area contributed by atoms with Gasteiger partial charge in [0.25, 0.3) is 5.69 Å². The molecule has 0 fully saturated rings. The number of rotatable bonds is 2. The molecule has 0 saturated carbocycles. The number of aromatic nitrogens is 2. The van der Waals surface area contributed by atoms with Crippen LogP contribution in [0.2, 0.25) is 0 Å². The van der Waals surface area contributed by atoms with Crippen molar-refractivity contribution in [3.05, 3.63) is 51.0 Å². The van der Waals surface area contributed by atoms with E-state index < -0.39 is 0 Å². The van der Waals surface area contributed by atoms with Crippen molar-refractivity contribution >= 4 is 27.3 Å². The maximum absolute atomic E-state index is 11.1. The van der Waals surface area contributed by atoms with Gasteiger partial charge in [0.1, 0.15) is 11.5 Å². The maximum Gasteiger partial charge on any atom is 0.293 e. The first-order valence-corrected chi connectivity index (χ1v) is 6.63. The fraction of sp³-hybridized carbons (Fsp3) is 0.250. The average molecular weight is 323 g/mol. The van der Waals surface area contributed by atoms with Crippen molar-refractivity contribution in [3.8, 4) is 0 Å². The van der Waals surface area contributed by atoms with Gasteiger partial charge in [-0.3, -0.25) is 10.1 Å². The Balaban J connectivity index is 1.98. The van der Waals surface area contributed by atoms with E-state index in [1.165, 1.54) is 6.07 Å². The number of nitrogens with zero attached hydrogens (tertiary/aromatic N) is 4. The molecule has 98 valence electrons. The highest BCUT2D eigenvalue weighted by atomic mass is 79.9. The zero-order valence-electron chi connectivity index (χ0n) is 9.99. The number of benzene rings is 1. The number of hydrogen-bond donors (Lipinski definition) is 0. The molecule has 1 aromatic carbocycles. The van der Waals surface area contributed by atoms with E-state index in [-0.39, 0.29) is 10.6 Å². The summed E-state index contributed by atoms with van der Waals surface area (Å²) < 4.78 is 2.78. The number of fused-ring (bicyclic) bond motifs is 1. The first-order valence-electron chi connectivity index (χ1n) is 5.84. The van der Waals surface area contributed by atoms with Crippen LogP contribution in [-0.2, 0) is 13.1 Å². The molecule has 0 unspecified atom stereocenters. The molecule has 0 aliphatic carbocycles. The molecule has 0 amide bonds. The van der Waals surface area contributed by atoms with Crippen LogP contribution in [0.1, 0.15) is 5.82 Å². The van der Waals surface area contributed by atoms with Crippen LogP contribution in [0, 0.1) is 10.1 Å². The molecule has 2 heterocycles. The lowest BCUT2D eigenvalue weighted by atomic mass is 10.2. The van der Waals surface area contributed by atoms with E-state index in [1.807, 2.05) is 17.2 Å². The highest BCUT2D eigenvalue weighted by molar-refractivity contribution is 9.10. The molecule has 7 heteroatoms. The van der Waals surface area contributed by atoms with Gasteiger partial charge in [-0.2, -0.15) is 0 Å². The van der Waals surface area contributed by atoms with Crippen LogP contribution in [0.15, 0.2) is 35.1 Å². The second-order valence-electron chi connectivity index (χ2n) is 4.35. The maximum atomic E-state index is 11.1. The van der Waals surface area contributed by atoms with Gasteiger partial charge in [-0.05, 0) is 12.1 Å². The minimum absolute atomic E-state index is 0.120. The summed E-state index contributed by atoms with van der Waals surface area (Å²) in [5.74, 6) is 0.934. The van der Waals surface area contributed by atoms with Crippen LogP contribution >= 0.6 is 15.9 Å². The number of halogens is 1. The normalized spacial score (nSPS) is 14.3. The van der Waals surface area contributed by atoms with Crippen molar-refractivity contribution in [2.75, 3.05) is 11.4 Å². The molecular formula is C12H11BrN4O2. The zero-order valence-corrected chi connectivity index (χ0v) is 11.6. The molecule has 1 aliphatic rings. The Hall–Kier alpha value is -1.89. The monoisotopic (exact) mass is 322 g/mol. The Labute approximate surface area is 117 Å². The third-order valence-corrected chi connectivity index (χ3v) is 3.71. The van der Waals surface area contributed by atoms with E-state index in [2.05, 4.69) is 25.5 Å². The summed E-state index contributed by atoms with van der Waals surface area (Å²) in [6.45, 7) is 2.13. The number of anilines is 1. The fourth-order valence-electron chi connectivity index (χ4n) is 2.29. The van der Waals surface area contributed by atoms with Gasteiger partial charge < -0.3 is 9.47 Å². The molecule has 1 aromatic heterocycles. The van der Waals surface area contributed by atoms with E-state index in [9.17, 15) is 10.1 Å². The quantitative estimate of drug-likeness (QED) is 0.629. The molecule has 0 spiro atoms. The topological polar surface area (TPSA) is 64.2 Å². The first-order chi connectivity index (χ1) is 9.15.